The number of hydrogen-bond acceptors (Lipinski definition) is 4. The molecule has 158 valence electrons. The first-order valence-corrected chi connectivity index (χ1v) is 10.5. The second-order valence-corrected chi connectivity index (χ2v) is 7.88. The summed E-state index contributed by atoms with van der Waals surface area (Å²) in [6.45, 7) is 6.25. The molecule has 0 aromatic heterocycles. The molecular formula is C23H25ClN2O3S. The van der Waals surface area contributed by atoms with E-state index in [-0.39, 0.29) is 11.8 Å². The Kier molecular flexibility index (Phi) is 7.00. The molecule has 30 heavy (non-hydrogen) atoms. The standard InChI is InChI=1S/C23H25ClN2O3S/c1-5-28-20-12-17(22-21(15(3)27)14(2)26(4)23(30)25-22)9-10-19(20)29-13-16-7-6-8-18(24)11-16/h6-12,22H,5,13H2,1-4H3,(H,25,30). The highest BCUT2D eigenvalue weighted by molar-refractivity contribution is 7.80. The first kappa shape index (κ1) is 22.1. The summed E-state index contributed by atoms with van der Waals surface area (Å²) in [6.07, 6.45) is 0. The van der Waals surface area contributed by atoms with Crippen LogP contribution in [0, 0.1) is 0 Å². The summed E-state index contributed by atoms with van der Waals surface area (Å²) >= 11 is 11.5. The fraction of sp³-hybridized carbons (Fsp3) is 0.304. The Labute approximate surface area is 187 Å². The number of ether oxygens (including phenoxy) is 2. The predicted octanol–water partition coefficient (Wildman–Crippen LogP) is 5.04. The number of carbonyl (C=O) groups excluding carboxylic acids is 1. The van der Waals surface area contributed by atoms with Gasteiger partial charge in [0.25, 0.3) is 0 Å². The van der Waals surface area contributed by atoms with Crippen LogP contribution in [0.25, 0.3) is 0 Å². The minimum absolute atomic E-state index is 0.00130. The van der Waals surface area contributed by atoms with E-state index >= 15 is 0 Å². The summed E-state index contributed by atoms with van der Waals surface area (Å²) in [5, 5.41) is 4.50. The summed E-state index contributed by atoms with van der Waals surface area (Å²) in [4.78, 5) is 14.2. The summed E-state index contributed by atoms with van der Waals surface area (Å²) in [5.41, 5.74) is 3.37. The molecule has 0 fully saturated rings. The topological polar surface area (TPSA) is 50.8 Å². The Balaban J connectivity index is 1.92. The largest absolute Gasteiger partial charge is 0.490 e. The van der Waals surface area contributed by atoms with Crippen LogP contribution in [0.4, 0.5) is 0 Å². The minimum Gasteiger partial charge on any atom is -0.490 e. The Morgan fingerprint density at radius 2 is 1.97 bits per heavy atom. The minimum atomic E-state index is -0.340. The van der Waals surface area contributed by atoms with E-state index < -0.39 is 0 Å². The zero-order valence-corrected chi connectivity index (χ0v) is 19.1. The lowest BCUT2D eigenvalue weighted by molar-refractivity contribution is -0.114. The number of benzene rings is 2. The third kappa shape index (κ3) is 4.77. The number of nitrogens with zero attached hydrogens (tertiary/aromatic N) is 1. The number of Topliss-reactive ketones (excluding diaryl/α,β-unsaturated/α-hetero) is 1. The van der Waals surface area contributed by atoms with Crippen LogP contribution in [0.2, 0.25) is 5.02 Å². The van der Waals surface area contributed by atoms with Gasteiger partial charge in [0.1, 0.15) is 6.61 Å². The van der Waals surface area contributed by atoms with Crippen molar-refractivity contribution < 1.29 is 14.3 Å². The van der Waals surface area contributed by atoms with Gasteiger partial charge >= 0.3 is 0 Å². The number of ketones is 1. The van der Waals surface area contributed by atoms with Gasteiger partial charge in [0.05, 0.1) is 12.6 Å². The van der Waals surface area contributed by atoms with E-state index in [0.29, 0.717) is 40.4 Å². The Hall–Kier alpha value is -2.57. The maximum Gasteiger partial charge on any atom is 0.173 e. The van der Waals surface area contributed by atoms with E-state index in [2.05, 4.69) is 5.32 Å². The number of nitrogens with one attached hydrogen (secondary N) is 1. The number of thiocarbonyl (C=S) groups is 1. The molecular weight excluding hydrogens is 420 g/mol. The first-order chi connectivity index (χ1) is 14.3. The van der Waals surface area contributed by atoms with Crippen molar-refractivity contribution in [3.8, 4) is 11.5 Å². The van der Waals surface area contributed by atoms with Gasteiger partial charge in [0.15, 0.2) is 22.4 Å². The van der Waals surface area contributed by atoms with Crippen molar-refractivity contribution in [3.63, 3.8) is 0 Å². The molecule has 1 aliphatic heterocycles. The predicted molar refractivity (Wildman–Crippen MR) is 123 cm³/mol. The number of halogens is 1. The van der Waals surface area contributed by atoms with Crippen LogP contribution < -0.4 is 14.8 Å². The third-order valence-electron chi connectivity index (χ3n) is 5.02. The van der Waals surface area contributed by atoms with E-state index in [1.165, 1.54) is 0 Å². The molecule has 0 spiro atoms. The van der Waals surface area contributed by atoms with Gasteiger partial charge in [0, 0.05) is 23.3 Å². The number of hydrogen-bond donors (Lipinski definition) is 1. The highest BCUT2D eigenvalue weighted by Gasteiger charge is 2.31. The molecule has 2 aromatic carbocycles. The van der Waals surface area contributed by atoms with Crippen molar-refractivity contribution in [1.29, 1.82) is 0 Å². The van der Waals surface area contributed by atoms with Crippen LogP contribution in [0.5, 0.6) is 11.5 Å². The van der Waals surface area contributed by atoms with E-state index in [0.717, 1.165) is 16.8 Å². The zero-order valence-electron chi connectivity index (χ0n) is 17.5. The molecule has 1 aliphatic rings. The maximum absolute atomic E-state index is 12.4. The highest BCUT2D eigenvalue weighted by Crippen LogP contribution is 2.36. The van der Waals surface area contributed by atoms with Gasteiger partial charge in [-0.25, -0.2) is 0 Å². The third-order valence-corrected chi connectivity index (χ3v) is 5.64. The van der Waals surface area contributed by atoms with E-state index in [1.807, 2.05) is 68.3 Å². The van der Waals surface area contributed by atoms with Gasteiger partial charge in [-0.05, 0) is 68.4 Å². The van der Waals surface area contributed by atoms with Crippen molar-refractivity contribution in [2.24, 2.45) is 0 Å². The Morgan fingerprint density at radius 1 is 1.20 bits per heavy atom. The van der Waals surface area contributed by atoms with Gasteiger partial charge in [-0.2, -0.15) is 0 Å². The SMILES string of the molecule is CCOc1cc(C2NC(=S)N(C)C(C)=C2C(C)=O)ccc1OCc1cccc(Cl)c1. The summed E-state index contributed by atoms with van der Waals surface area (Å²) in [5.74, 6) is 1.24. The smallest absolute Gasteiger partial charge is 0.173 e. The number of rotatable bonds is 7. The van der Waals surface area contributed by atoms with E-state index in [1.54, 1.807) is 6.92 Å². The van der Waals surface area contributed by atoms with Gasteiger partial charge in [-0.15, -0.1) is 0 Å². The van der Waals surface area contributed by atoms with Crippen molar-refractivity contribution in [1.82, 2.24) is 10.2 Å². The summed E-state index contributed by atoms with van der Waals surface area (Å²) in [7, 11) is 1.85. The Morgan fingerprint density at radius 3 is 2.63 bits per heavy atom. The van der Waals surface area contributed by atoms with Gasteiger partial charge in [-0.1, -0.05) is 29.8 Å². The number of allylic oxidation sites excluding steroid dienone is 1. The van der Waals surface area contributed by atoms with Crippen LogP contribution in [0.1, 0.15) is 37.9 Å². The molecule has 1 atom stereocenters. The fourth-order valence-electron chi connectivity index (χ4n) is 3.42. The van der Waals surface area contributed by atoms with Crippen molar-refractivity contribution >= 4 is 34.7 Å². The van der Waals surface area contributed by atoms with Crippen LogP contribution in [0.15, 0.2) is 53.7 Å². The molecule has 2 aromatic rings. The molecule has 7 heteroatoms. The first-order valence-electron chi connectivity index (χ1n) is 9.71. The molecule has 0 bridgehead atoms. The van der Waals surface area contributed by atoms with Crippen LogP contribution in [0.3, 0.4) is 0 Å². The van der Waals surface area contributed by atoms with Crippen LogP contribution in [-0.4, -0.2) is 29.5 Å². The van der Waals surface area contributed by atoms with Gasteiger partial charge in [0.2, 0.25) is 0 Å². The van der Waals surface area contributed by atoms with E-state index in [9.17, 15) is 4.79 Å². The lowest BCUT2D eigenvalue weighted by Crippen LogP contribution is -2.45. The fourth-order valence-corrected chi connectivity index (χ4v) is 3.89. The second-order valence-electron chi connectivity index (χ2n) is 7.05. The molecule has 0 radical (unpaired) electrons. The second kappa shape index (κ2) is 9.49. The van der Waals surface area contributed by atoms with E-state index in [4.69, 9.17) is 33.3 Å². The molecule has 5 nitrogen and oxygen atoms in total. The Bertz CT molecular complexity index is 1010. The number of carbonyl (C=O) groups is 1. The van der Waals surface area contributed by atoms with Crippen molar-refractivity contribution in [2.45, 2.75) is 33.4 Å². The molecule has 3 rings (SSSR count). The molecule has 0 aliphatic carbocycles. The van der Waals surface area contributed by atoms with Crippen LogP contribution >= 0.6 is 23.8 Å². The quantitative estimate of drug-likeness (QED) is 0.603. The molecule has 0 amide bonds. The monoisotopic (exact) mass is 444 g/mol. The van der Waals surface area contributed by atoms with Gasteiger partial charge in [-0.3, -0.25) is 4.79 Å². The lowest BCUT2D eigenvalue weighted by Gasteiger charge is -2.35. The normalized spacial score (nSPS) is 16.4. The average molecular weight is 445 g/mol. The van der Waals surface area contributed by atoms with Crippen molar-refractivity contribution in [3.05, 3.63) is 69.9 Å². The van der Waals surface area contributed by atoms with Gasteiger partial charge < -0.3 is 19.7 Å². The molecule has 1 unspecified atom stereocenters. The zero-order chi connectivity index (χ0) is 21.8. The highest BCUT2D eigenvalue weighted by atomic mass is 35.5. The summed E-state index contributed by atoms with van der Waals surface area (Å²) in [6, 6.07) is 12.9. The average Bonchev–Trinajstić information content (AvgIpc) is 2.70. The summed E-state index contributed by atoms with van der Waals surface area (Å²) < 4.78 is 11.8. The maximum atomic E-state index is 12.4. The molecule has 1 N–H and O–H groups in total. The molecule has 1 heterocycles. The lowest BCUT2D eigenvalue weighted by atomic mass is 9.92. The van der Waals surface area contributed by atoms with Crippen LogP contribution in [-0.2, 0) is 11.4 Å². The molecule has 0 saturated carbocycles. The van der Waals surface area contributed by atoms with Crippen molar-refractivity contribution in [2.75, 3.05) is 13.7 Å². The molecule has 0 saturated heterocycles.